The van der Waals surface area contributed by atoms with Crippen molar-refractivity contribution in [3.63, 3.8) is 0 Å². The van der Waals surface area contributed by atoms with Gasteiger partial charge in [-0.05, 0) is 29.9 Å². The van der Waals surface area contributed by atoms with E-state index in [-0.39, 0.29) is 0 Å². The molecular formula is C17H25NS. The Kier molecular flexibility index (Phi) is 6.36. The molecule has 104 valence electrons. The van der Waals surface area contributed by atoms with Crippen molar-refractivity contribution in [3.05, 3.63) is 47.6 Å². The monoisotopic (exact) mass is 275 g/mol. The van der Waals surface area contributed by atoms with Crippen molar-refractivity contribution >= 4 is 17.5 Å². The first-order chi connectivity index (χ1) is 8.90. The summed E-state index contributed by atoms with van der Waals surface area (Å²) in [6.45, 7) is 17.0. The van der Waals surface area contributed by atoms with Crippen LogP contribution in [0.4, 0.5) is 0 Å². The second kappa shape index (κ2) is 7.54. The van der Waals surface area contributed by atoms with Gasteiger partial charge in [0.05, 0.1) is 11.4 Å². The van der Waals surface area contributed by atoms with Gasteiger partial charge in [-0.2, -0.15) is 0 Å². The van der Waals surface area contributed by atoms with Crippen LogP contribution in [0.1, 0.15) is 34.1 Å². The third kappa shape index (κ3) is 5.65. The van der Waals surface area contributed by atoms with Crippen molar-refractivity contribution in [2.24, 2.45) is 16.8 Å². The van der Waals surface area contributed by atoms with E-state index in [2.05, 4.69) is 64.1 Å². The molecule has 0 N–H and O–H groups in total. The summed E-state index contributed by atoms with van der Waals surface area (Å²) in [5, 5.41) is 0. The molecule has 0 radical (unpaired) electrons. The lowest BCUT2D eigenvalue weighted by atomic mass is 10.0. The number of allylic oxidation sites excluding steroid dienone is 4. The van der Waals surface area contributed by atoms with Crippen LogP contribution in [0.2, 0.25) is 0 Å². The molecule has 0 amide bonds. The molecule has 0 atom stereocenters. The Bertz CT molecular complexity index is 436. The summed E-state index contributed by atoms with van der Waals surface area (Å²) in [5.41, 5.74) is 3.10. The maximum atomic E-state index is 4.68. The smallest absolute Gasteiger partial charge is 0.0730 e. The fraction of sp³-hybridized carbons (Fsp3) is 0.471. The fourth-order valence-corrected chi connectivity index (χ4v) is 2.35. The average molecular weight is 275 g/mol. The highest BCUT2D eigenvalue weighted by Gasteiger charge is 2.12. The summed E-state index contributed by atoms with van der Waals surface area (Å²) < 4.78 is 0. The maximum absolute atomic E-state index is 4.68. The molecule has 0 unspecified atom stereocenters. The number of thioether (sulfide) groups is 1. The van der Waals surface area contributed by atoms with Crippen LogP contribution < -0.4 is 0 Å². The van der Waals surface area contributed by atoms with E-state index in [0.717, 1.165) is 34.1 Å². The number of nitrogens with zero attached hydrogens (tertiary/aromatic N) is 1. The topological polar surface area (TPSA) is 12.4 Å². The van der Waals surface area contributed by atoms with Gasteiger partial charge in [-0.15, -0.1) is 11.8 Å². The fourth-order valence-electron chi connectivity index (χ4n) is 1.54. The highest BCUT2D eigenvalue weighted by atomic mass is 32.2. The number of hydrogen-bond donors (Lipinski definition) is 0. The van der Waals surface area contributed by atoms with E-state index < -0.39 is 0 Å². The predicted molar refractivity (Wildman–Crippen MR) is 89.7 cm³/mol. The van der Waals surface area contributed by atoms with Crippen LogP contribution in [0, 0.1) is 11.8 Å². The van der Waals surface area contributed by atoms with Gasteiger partial charge in [0, 0.05) is 10.7 Å². The van der Waals surface area contributed by atoms with E-state index in [1.807, 2.05) is 0 Å². The Morgan fingerprint density at radius 3 is 2.68 bits per heavy atom. The molecule has 19 heavy (non-hydrogen) atoms. The minimum atomic E-state index is 0.531. The molecule has 0 aromatic heterocycles. The molecule has 2 heteroatoms. The lowest BCUT2D eigenvalue weighted by Crippen LogP contribution is -2.05. The molecule has 0 saturated heterocycles. The van der Waals surface area contributed by atoms with Crippen LogP contribution in [0.25, 0.3) is 0 Å². The van der Waals surface area contributed by atoms with E-state index in [1.54, 1.807) is 11.8 Å². The Labute approximate surface area is 122 Å². The molecule has 0 aromatic rings. The molecule has 0 fully saturated rings. The summed E-state index contributed by atoms with van der Waals surface area (Å²) in [6, 6.07) is 0. The predicted octanol–water partition coefficient (Wildman–Crippen LogP) is 5.39. The summed E-state index contributed by atoms with van der Waals surface area (Å²) in [4.78, 5) is 5.75. The molecule has 0 bridgehead atoms. The molecule has 1 heterocycles. The van der Waals surface area contributed by atoms with Gasteiger partial charge in [0.2, 0.25) is 0 Å². The van der Waals surface area contributed by atoms with Crippen molar-refractivity contribution in [1.82, 2.24) is 0 Å². The van der Waals surface area contributed by atoms with Crippen LogP contribution in [-0.2, 0) is 0 Å². The van der Waals surface area contributed by atoms with Crippen molar-refractivity contribution < 1.29 is 0 Å². The maximum Gasteiger partial charge on any atom is 0.0730 e. The number of aliphatic imine (C=N–C) groups is 1. The van der Waals surface area contributed by atoms with E-state index in [9.17, 15) is 0 Å². The lowest BCUT2D eigenvalue weighted by Gasteiger charge is -2.15. The van der Waals surface area contributed by atoms with Gasteiger partial charge in [-0.1, -0.05) is 53.0 Å². The van der Waals surface area contributed by atoms with Crippen molar-refractivity contribution in [1.29, 1.82) is 0 Å². The molecule has 1 aliphatic rings. The first-order valence-electron chi connectivity index (χ1n) is 6.87. The summed E-state index contributed by atoms with van der Waals surface area (Å²) in [7, 11) is 0. The van der Waals surface area contributed by atoms with E-state index in [4.69, 9.17) is 0 Å². The Morgan fingerprint density at radius 1 is 1.42 bits per heavy atom. The van der Waals surface area contributed by atoms with Crippen LogP contribution >= 0.6 is 11.8 Å². The summed E-state index contributed by atoms with van der Waals surface area (Å²) >= 11 is 1.80. The zero-order valence-corrected chi connectivity index (χ0v) is 13.4. The van der Waals surface area contributed by atoms with Crippen LogP contribution in [0.5, 0.6) is 0 Å². The standard InChI is InChI=1S/C17H25NS/c1-12(2)7-9-16-14(5)8-10-17(18-16)15(6)19-11-13(3)4/h7,9-10,12-13H,5-6,8,11H2,1-4H3/b9-7-. The molecule has 1 nitrogen and oxygen atoms in total. The quantitative estimate of drug-likeness (QED) is 0.633. The third-order valence-corrected chi connectivity index (χ3v) is 4.05. The lowest BCUT2D eigenvalue weighted by molar-refractivity contribution is 0.751. The second-order valence-electron chi connectivity index (χ2n) is 5.63. The molecule has 0 spiro atoms. The van der Waals surface area contributed by atoms with Gasteiger partial charge in [0.15, 0.2) is 0 Å². The minimum absolute atomic E-state index is 0.531. The molecule has 0 aromatic carbocycles. The number of rotatable bonds is 6. The van der Waals surface area contributed by atoms with Gasteiger partial charge < -0.3 is 0 Å². The first kappa shape index (κ1) is 16.0. The molecule has 0 aliphatic carbocycles. The zero-order valence-electron chi connectivity index (χ0n) is 12.6. The highest BCUT2D eigenvalue weighted by Crippen LogP contribution is 2.29. The molecule has 1 aliphatic heterocycles. The average Bonchev–Trinajstić information content (AvgIpc) is 2.34. The van der Waals surface area contributed by atoms with Gasteiger partial charge in [0.1, 0.15) is 0 Å². The zero-order chi connectivity index (χ0) is 14.4. The first-order valence-corrected chi connectivity index (χ1v) is 7.86. The summed E-state index contributed by atoms with van der Waals surface area (Å²) in [6.07, 6.45) is 7.25. The minimum Gasteiger partial charge on any atom is -0.248 e. The second-order valence-corrected chi connectivity index (χ2v) is 6.74. The van der Waals surface area contributed by atoms with Gasteiger partial charge in [-0.25, -0.2) is 4.99 Å². The van der Waals surface area contributed by atoms with Crippen LogP contribution in [0.3, 0.4) is 0 Å². The Hall–Kier alpha value is -1.02. The number of hydrogen-bond acceptors (Lipinski definition) is 2. The third-order valence-electron chi connectivity index (χ3n) is 2.66. The normalized spacial score (nSPS) is 16.2. The Morgan fingerprint density at radius 2 is 2.11 bits per heavy atom. The van der Waals surface area contributed by atoms with Crippen LogP contribution in [0.15, 0.2) is 52.6 Å². The summed E-state index contributed by atoms with van der Waals surface area (Å²) in [5.74, 6) is 2.29. The molecule has 1 rings (SSSR count). The SMILES string of the molecule is C=C1CC=C(C(=C)SCC(C)C)N=C1/C=C\C(C)C. The van der Waals surface area contributed by atoms with Gasteiger partial charge in [-0.3, -0.25) is 0 Å². The van der Waals surface area contributed by atoms with Crippen molar-refractivity contribution in [2.75, 3.05) is 5.75 Å². The van der Waals surface area contributed by atoms with E-state index in [0.29, 0.717) is 11.8 Å². The molecular weight excluding hydrogens is 250 g/mol. The highest BCUT2D eigenvalue weighted by molar-refractivity contribution is 8.03. The van der Waals surface area contributed by atoms with E-state index in [1.165, 1.54) is 0 Å². The van der Waals surface area contributed by atoms with Crippen LogP contribution in [-0.4, -0.2) is 11.5 Å². The van der Waals surface area contributed by atoms with E-state index >= 15 is 0 Å². The Balaban J connectivity index is 2.75. The largest absolute Gasteiger partial charge is 0.248 e. The van der Waals surface area contributed by atoms with Crippen molar-refractivity contribution in [2.45, 2.75) is 34.1 Å². The molecule has 0 saturated carbocycles. The van der Waals surface area contributed by atoms with Gasteiger partial charge in [0.25, 0.3) is 0 Å². The van der Waals surface area contributed by atoms with Crippen molar-refractivity contribution in [3.8, 4) is 0 Å². The van der Waals surface area contributed by atoms with Gasteiger partial charge >= 0.3 is 0 Å².